The van der Waals surface area contributed by atoms with Crippen molar-refractivity contribution in [1.82, 2.24) is 10.2 Å². The van der Waals surface area contributed by atoms with Crippen molar-refractivity contribution in [1.29, 1.82) is 0 Å². The Morgan fingerprint density at radius 2 is 1.47 bits per heavy atom. The maximum Gasteiger partial charge on any atom is 0.264 e. The van der Waals surface area contributed by atoms with Crippen LogP contribution in [0.15, 0.2) is 83.8 Å². The van der Waals surface area contributed by atoms with Crippen LogP contribution < -0.4 is 9.62 Å². The average molecular weight is 544 g/mol. The minimum Gasteiger partial charge on any atom is -0.354 e. The molecule has 0 bridgehead atoms. The number of rotatable bonds is 12. The third-order valence-electron chi connectivity index (χ3n) is 5.99. The van der Waals surface area contributed by atoms with Crippen molar-refractivity contribution in [3.63, 3.8) is 0 Å². The number of amides is 2. The molecule has 7 nitrogen and oxygen atoms in total. The Morgan fingerprint density at radius 3 is 2.05 bits per heavy atom. The van der Waals surface area contributed by atoms with Crippen LogP contribution in [0.25, 0.3) is 0 Å². The van der Waals surface area contributed by atoms with Gasteiger partial charge in [0.15, 0.2) is 0 Å². The standard InChI is InChI=1S/C28H31F2N3O4S/c1-3-4-18-31-28(35)21(2)32(19-22-10-12-23(29)13-11-22)27(34)20-33(25-8-6-5-7-9-25)38(36,37)26-16-14-24(30)15-17-26/h5-17,21H,3-4,18-20H2,1-2H3,(H,31,35)/t21-/m0/s1. The number of halogens is 2. The number of nitrogens with zero attached hydrogens (tertiary/aromatic N) is 2. The Kier molecular flexibility index (Phi) is 9.95. The van der Waals surface area contributed by atoms with E-state index in [1.165, 1.54) is 29.2 Å². The van der Waals surface area contributed by atoms with E-state index in [4.69, 9.17) is 0 Å². The molecule has 38 heavy (non-hydrogen) atoms. The quantitative estimate of drug-likeness (QED) is 0.341. The van der Waals surface area contributed by atoms with E-state index in [1.54, 1.807) is 37.3 Å². The summed E-state index contributed by atoms with van der Waals surface area (Å²) in [6.07, 6.45) is 1.64. The monoisotopic (exact) mass is 543 g/mol. The lowest BCUT2D eigenvalue weighted by Crippen LogP contribution is -2.51. The van der Waals surface area contributed by atoms with Gasteiger partial charge in [0.05, 0.1) is 10.6 Å². The molecule has 10 heteroatoms. The highest BCUT2D eigenvalue weighted by Crippen LogP contribution is 2.24. The molecule has 3 aromatic rings. The summed E-state index contributed by atoms with van der Waals surface area (Å²) in [5.74, 6) is -2.07. The second-order valence-corrected chi connectivity index (χ2v) is 10.6. The molecule has 2 amide bonds. The minimum atomic E-state index is -4.27. The van der Waals surface area contributed by atoms with Gasteiger partial charge in [-0.05, 0) is 67.4 Å². The van der Waals surface area contributed by atoms with Crippen LogP contribution in [-0.2, 0) is 26.2 Å². The molecule has 3 rings (SSSR count). The maximum atomic E-state index is 13.7. The van der Waals surface area contributed by atoms with Crippen molar-refractivity contribution in [2.45, 2.75) is 44.2 Å². The molecule has 3 aromatic carbocycles. The third kappa shape index (κ3) is 7.38. The van der Waals surface area contributed by atoms with Gasteiger partial charge < -0.3 is 10.2 Å². The molecule has 0 fully saturated rings. The van der Waals surface area contributed by atoms with Gasteiger partial charge in [0.2, 0.25) is 11.8 Å². The Morgan fingerprint density at radius 1 is 0.895 bits per heavy atom. The van der Waals surface area contributed by atoms with Gasteiger partial charge in [0.25, 0.3) is 10.0 Å². The zero-order valence-electron chi connectivity index (χ0n) is 21.3. The van der Waals surface area contributed by atoms with Crippen LogP contribution in [0.2, 0.25) is 0 Å². The topological polar surface area (TPSA) is 86.8 Å². The van der Waals surface area contributed by atoms with Crippen LogP contribution in [0.4, 0.5) is 14.5 Å². The van der Waals surface area contributed by atoms with Gasteiger partial charge in [0, 0.05) is 13.1 Å². The molecule has 0 aliphatic heterocycles. The van der Waals surface area contributed by atoms with E-state index in [9.17, 15) is 26.8 Å². The number of anilines is 1. The van der Waals surface area contributed by atoms with Gasteiger partial charge in [-0.1, -0.05) is 43.7 Å². The smallest absolute Gasteiger partial charge is 0.264 e. The van der Waals surface area contributed by atoms with Crippen LogP contribution in [0, 0.1) is 11.6 Å². The van der Waals surface area contributed by atoms with Crippen molar-refractivity contribution in [2.75, 3.05) is 17.4 Å². The summed E-state index contributed by atoms with van der Waals surface area (Å²) in [5.41, 5.74) is 0.799. The second-order valence-electron chi connectivity index (χ2n) is 8.77. The Hall–Kier alpha value is -3.79. The highest BCUT2D eigenvalue weighted by Gasteiger charge is 2.32. The molecular formula is C28H31F2N3O4S. The largest absolute Gasteiger partial charge is 0.354 e. The van der Waals surface area contributed by atoms with Crippen molar-refractivity contribution in [3.8, 4) is 0 Å². The summed E-state index contributed by atoms with van der Waals surface area (Å²) in [7, 11) is -4.27. The highest BCUT2D eigenvalue weighted by molar-refractivity contribution is 7.92. The van der Waals surface area contributed by atoms with E-state index >= 15 is 0 Å². The van der Waals surface area contributed by atoms with Crippen LogP contribution in [0.3, 0.4) is 0 Å². The van der Waals surface area contributed by atoms with Crippen LogP contribution in [-0.4, -0.2) is 44.3 Å². The van der Waals surface area contributed by atoms with Crippen molar-refractivity contribution in [2.24, 2.45) is 0 Å². The normalized spacial score (nSPS) is 12.0. The van der Waals surface area contributed by atoms with Crippen LogP contribution in [0.5, 0.6) is 0 Å². The lowest BCUT2D eigenvalue weighted by atomic mass is 10.1. The average Bonchev–Trinajstić information content (AvgIpc) is 2.91. The Labute approximate surface area is 222 Å². The fourth-order valence-corrected chi connectivity index (χ4v) is 5.18. The fraction of sp³-hybridized carbons (Fsp3) is 0.286. The molecule has 0 radical (unpaired) electrons. The molecule has 0 spiro atoms. The van der Waals surface area contributed by atoms with Crippen molar-refractivity contribution in [3.05, 3.63) is 96.1 Å². The fourth-order valence-electron chi connectivity index (χ4n) is 3.76. The van der Waals surface area contributed by atoms with E-state index in [1.807, 2.05) is 6.92 Å². The number of hydrogen-bond acceptors (Lipinski definition) is 4. The number of sulfonamides is 1. The molecule has 0 saturated heterocycles. The number of carbonyl (C=O) groups is 2. The first kappa shape index (κ1) is 28.8. The van der Waals surface area contributed by atoms with E-state index in [2.05, 4.69) is 5.32 Å². The van der Waals surface area contributed by atoms with Crippen molar-refractivity contribution < 1.29 is 26.8 Å². The molecule has 202 valence electrons. The molecule has 0 aliphatic rings. The summed E-state index contributed by atoms with van der Waals surface area (Å²) >= 11 is 0. The summed E-state index contributed by atoms with van der Waals surface area (Å²) in [5, 5.41) is 2.80. The number of nitrogens with one attached hydrogen (secondary N) is 1. The summed E-state index contributed by atoms with van der Waals surface area (Å²) < 4.78 is 55.1. The summed E-state index contributed by atoms with van der Waals surface area (Å²) in [6, 6.07) is 16.9. The van der Waals surface area contributed by atoms with Crippen LogP contribution in [0.1, 0.15) is 32.3 Å². The number of para-hydroxylation sites is 1. The third-order valence-corrected chi connectivity index (χ3v) is 7.78. The zero-order chi connectivity index (χ0) is 27.7. The first-order valence-electron chi connectivity index (χ1n) is 12.3. The number of carbonyl (C=O) groups excluding carboxylic acids is 2. The molecule has 0 heterocycles. The SMILES string of the molecule is CCCCNC(=O)[C@H](C)N(Cc1ccc(F)cc1)C(=O)CN(c1ccccc1)S(=O)(=O)c1ccc(F)cc1. The minimum absolute atomic E-state index is 0.0410. The summed E-state index contributed by atoms with van der Waals surface area (Å²) in [6.45, 7) is 3.33. The van der Waals surface area contributed by atoms with E-state index in [-0.39, 0.29) is 23.0 Å². The molecule has 0 aromatic heterocycles. The molecular weight excluding hydrogens is 512 g/mol. The van der Waals surface area contributed by atoms with E-state index in [0.717, 1.165) is 41.4 Å². The maximum absolute atomic E-state index is 13.7. The van der Waals surface area contributed by atoms with Gasteiger partial charge in [-0.2, -0.15) is 0 Å². The Balaban J connectivity index is 1.96. The van der Waals surface area contributed by atoms with E-state index in [0.29, 0.717) is 12.1 Å². The van der Waals surface area contributed by atoms with Gasteiger partial charge >= 0.3 is 0 Å². The number of unbranched alkanes of at least 4 members (excludes halogenated alkanes) is 1. The Bertz CT molecular complexity index is 1320. The van der Waals surface area contributed by atoms with Gasteiger partial charge in [-0.25, -0.2) is 17.2 Å². The lowest BCUT2D eigenvalue weighted by molar-refractivity contribution is -0.139. The first-order chi connectivity index (χ1) is 18.1. The predicted molar refractivity (Wildman–Crippen MR) is 142 cm³/mol. The number of hydrogen-bond donors (Lipinski definition) is 1. The molecule has 0 unspecified atom stereocenters. The highest BCUT2D eigenvalue weighted by atomic mass is 32.2. The first-order valence-corrected chi connectivity index (χ1v) is 13.7. The van der Waals surface area contributed by atoms with Crippen molar-refractivity contribution >= 4 is 27.5 Å². The molecule has 1 atom stereocenters. The lowest BCUT2D eigenvalue weighted by Gasteiger charge is -2.32. The predicted octanol–water partition coefficient (Wildman–Crippen LogP) is 4.49. The summed E-state index contributed by atoms with van der Waals surface area (Å²) in [4.78, 5) is 27.7. The van der Waals surface area contributed by atoms with Gasteiger partial charge in [-0.15, -0.1) is 0 Å². The molecule has 0 saturated carbocycles. The second kappa shape index (κ2) is 13.1. The number of benzene rings is 3. The van der Waals surface area contributed by atoms with Crippen LogP contribution >= 0.6 is 0 Å². The molecule has 0 aliphatic carbocycles. The van der Waals surface area contributed by atoms with E-state index < -0.39 is 40.2 Å². The van der Waals surface area contributed by atoms with Gasteiger partial charge in [-0.3, -0.25) is 13.9 Å². The zero-order valence-corrected chi connectivity index (χ0v) is 22.1. The van der Waals surface area contributed by atoms with Gasteiger partial charge in [0.1, 0.15) is 24.2 Å². The molecule has 1 N–H and O–H groups in total.